The molecule has 0 saturated heterocycles. The van der Waals surface area contributed by atoms with E-state index < -0.39 is 0 Å². The van der Waals surface area contributed by atoms with Gasteiger partial charge in [-0.1, -0.05) is 198 Å². The molecule has 2 heteroatoms. The van der Waals surface area contributed by atoms with Crippen LogP contribution in [-0.2, 0) is 0 Å². The van der Waals surface area contributed by atoms with Crippen LogP contribution in [0.2, 0.25) is 0 Å². The van der Waals surface area contributed by atoms with Crippen molar-refractivity contribution in [1.29, 1.82) is 0 Å². The summed E-state index contributed by atoms with van der Waals surface area (Å²) in [5.41, 5.74) is 0.460. The van der Waals surface area contributed by atoms with Gasteiger partial charge in [0, 0.05) is 4.07 Å². The van der Waals surface area contributed by atoms with E-state index in [4.69, 9.17) is 0 Å². The first-order valence-corrected chi connectivity index (χ1v) is 18.3. The highest BCUT2D eigenvalue weighted by molar-refractivity contribution is 9.11. The molecule has 218 valence electrons. The summed E-state index contributed by atoms with van der Waals surface area (Å²) in [5, 5.41) is 0. The second-order valence-corrected chi connectivity index (χ2v) is 15.5. The van der Waals surface area contributed by atoms with Crippen LogP contribution in [0.15, 0.2) is 0 Å². The van der Waals surface area contributed by atoms with Gasteiger partial charge in [-0.2, -0.15) is 0 Å². The summed E-state index contributed by atoms with van der Waals surface area (Å²) in [4.78, 5) is 0. The Morgan fingerprint density at radius 3 is 0.861 bits per heavy atom. The summed E-state index contributed by atoms with van der Waals surface area (Å²) in [6, 6.07) is 0. The van der Waals surface area contributed by atoms with Crippen LogP contribution in [0.1, 0.15) is 207 Å². The predicted molar refractivity (Wildman–Crippen MR) is 176 cm³/mol. The molecule has 0 saturated carbocycles. The van der Waals surface area contributed by atoms with E-state index in [1.165, 1.54) is 180 Å². The minimum Gasteiger partial charge on any atom is -0.119 e. The molecule has 2 unspecified atom stereocenters. The number of rotatable bonds is 29. The summed E-state index contributed by atoms with van der Waals surface area (Å²) in [5.74, 6) is 0. The predicted octanol–water partition coefficient (Wildman–Crippen LogP) is 13.9. The van der Waals surface area contributed by atoms with Crippen molar-refractivity contribution in [2.45, 2.75) is 212 Å². The van der Waals surface area contributed by atoms with Gasteiger partial charge >= 0.3 is 0 Å². The van der Waals surface area contributed by atoms with Crippen LogP contribution >= 0.6 is 25.2 Å². The summed E-state index contributed by atoms with van der Waals surface area (Å²) in [7, 11) is 3.40. The summed E-state index contributed by atoms with van der Waals surface area (Å²) >= 11 is 4.43. The Bertz CT molecular complexity index is 392. The van der Waals surface area contributed by atoms with Gasteiger partial charge in [-0.05, 0) is 31.1 Å². The second kappa shape index (κ2) is 26.1. The quantitative estimate of drug-likeness (QED) is 0.0462. The van der Waals surface area contributed by atoms with Crippen molar-refractivity contribution >= 4 is 25.2 Å². The molecule has 0 spiro atoms. The maximum absolute atomic E-state index is 4.43. The molecule has 0 radical (unpaired) electrons. The molecular weight excluding hydrogens is 519 g/mol. The summed E-state index contributed by atoms with van der Waals surface area (Å²) < 4.78 is 0.223. The van der Waals surface area contributed by atoms with Crippen LogP contribution < -0.4 is 0 Å². The molecule has 2 atom stereocenters. The number of alkyl halides is 1. The van der Waals surface area contributed by atoms with E-state index in [-0.39, 0.29) is 4.07 Å². The molecule has 0 bridgehead atoms. The Kier molecular flexibility index (Phi) is 26.8. The van der Waals surface area contributed by atoms with Crippen molar-refractivity contribution < 1.29 is 0 Å². The van der Waals surface area contributed by atoms with Gasteiger partial charge in [-0.3, -0.25) is 0 Å². The molecule has 0 N–H and O–H groups in total. The standard InChI is InChI=1S/C34H70BrP/c1-5-9-13-17-21-25-29-33(30-26-22-18-14-10-6-2,31-27-23-19-15-11-7-3)34(35,36)32-28-24-20-16-12-8-4/h5-32,36H2,1-4H3. The highest BCUT2D eigenvalue weighted by Gasteiger charge is 2.44. The lowest BCUT2D eigenvalue weighted by atomic mass is 9.70. The third-order valence-electron chi connectivity index (χ3n) is 8.80. The smallest absolute Gasteiger partial charge is 0.0453 e. The minimum absolute atomic E-state index is 0.223. The summed E-state index contributed by atoms with van der Waals surface area (Å²) in [6.07, 6.45) is 39.7. The van der Waals surface area contributed by atoms with Gasteiger partial charge in [0.2, 0.25) is 0 Å². The molecular formula is C34H70BrP. The first kappa shape index (κ1) is 36.9. The highest BCUT2D eigenvalue weighted by atomic mass is 79.9. The molecule has 0 heterocycles. The van der Waals surface area contributed by atoms with Crippen LogP contribution in [0.4, 0.5) is 0 Å². The van der Waals surface area contributed by atoms with Gasteiger partial charge < -0.3 is 0 Å². The molecule has 36 heavy (non-hydrogen) atoms. The number of halogens is 1. The van der Waals surface area contributed by atoms with Gasteiger partial charge in [0.25, 0.3) is 0 Å². The monoisotopic (exact) mass is 588 g/mol. The third kappa shape index (κ3) is 19.0. The highest BCUT2D eigenvalue weighted by Crippen LogP contribution is 2.56. The zero-order valence-electron chi connectivity index (χ0n) is 25.8. The zero-order chi connectivity index (χ0) is 26.8. The Hall–Kier alpha value is 0.910. The van der Waals surface area contributed by atoms with Gasteiger partial charge in [-0.25, -0.2) is 0 Å². The Morgan fingerprint density at radius 1 is 0.361 bits per heavy atom. The fourth-order valence-corrected chi connectivity index (χ4v) is 7.67. The molecule has 0 aliphatic rings. The SMILES string of the molecule is CCCCCCCCC(P)(Br)C(CCCCCCCC)(CCCCCCCC)CCCCCCCC. The molecule has 0 aromatic carbocycles. The van der Waals surface area contributed by atoms with Gasteiger partial charge in [0.15, 0.2) is 0 Å². The van der Waals surface area contributed by atoms with E-state index >= 15 is 0 Å². The largest absolute Gasteiger partial charge is 0.119 e. The van der Waals surface area contributed by atoms with Crippen LogP contribution in [0, 0.1) is 5.41 Å². The minimum atomic E-state index is 0.223. The third-order valence-corrected chi connectivity index (χ3v) is 10.9. The van der Waals surface area contributed by atoms with E-state index in [0.29, 0.717) is 5.41 Å². The van der Waals surface area contributed by atoms with Crippen LogP contribution in [0.25, 0.3) is 0 Å². The summed E-state index contributed by atoms with van der Waals surface area (Å²) in [6.45, 7) is 9.33. The average Bonchev–Trinajstić information content (AvgIpc) is 2.87. The van der Waals surface area contributed by atoms with Crippen LogP contribution in [0.5, 0.6) is 0 Å². The van der Waals surface area contributed by atoms with E-state index in [1.807, 2.05) is 0 Å². The lowest BCUT2D eigenvalue weighted by Gasteiger charge is -2.47. The number of hydrogen-bond acceptors (Lipinski definition) is 0. The number of hydrogen-bond donors (Lipinski definition) is 0. The molecule has 0 fully saturated rings. The number of unbranched alkanes of at least 4 members (excludes halogenated alkanes) is 20. The Morgan fingerprint density at radius 2 is 0.583 bits per heavy atom. The van der Waals surface area contributed by atoms with Gasteiger partial charge in [0.1, 0.15) is 0 Å². The van der Waals surface area contributed by atoms with E-state index in [2.05, 4.69) is 52.9 Å². The molecule has 0 aromatic heterocycles. The second-order valence-electron chi connectivity index (χ2n) is 12.2. The van der Waals surface area contributed by atoms with E-state index in [9.17, 15) is 0 Å². The topological polar surface area (TPSA) is 0 Å². The van der Waals surface area contributed by atoms with Crippen molar-refractivity contribution in [2.24, 2.45) is 5.41 Å². The van der Waals surface area contributed by atoms with E-state index in [1.54, 1.807) is 0 Å². The fourth-order valence-electron chi connectivity index (χ4n) is 6.16. The molecule has 0 aromatic rings. The van der Waals surface area contributed by atoms with Crippen molar-refractivity contribution in [2.75, 3.05) is 0 Å². The lowest BCUT2D eigenvalue weighted by molar-refractivity contribution is 0.167. The Labute approximate surface area is 241 Å². The van der Waals surface area contributed by atoms with E-state index in [0.717, 1.165) is 0 Å². The van der Waals surface area contributed by atoms with Crippen molar-refractivity contribution in [3.63, 3.8) is 0 Å². The molecule has 0 amide bonds. The lowest BCUT2D eigenvalue weighted by Crippen LogP contribution is -2.39. The maximum atomic E-state index is 4.43. The fraction of sp³-hybridized carbons (Fsp3) is 1.00. The first-order chi connectivity index (χ1) is 17.5. The molecule has 0 nitrogen and oxygen atoms in total. The van der Waals surface area contributed by atoms with Gasteiger partial charge in [0.05, 0.1) is 0 Å². The van der Waals surface area contributed by atoms with Crippen LogP contribution in [-0.4, -0.2) is 4.07 Å². The zero-order valence-corrected chi connectivity index (χ0v) is 28.5. The maximum Gasteiger partial charge on any atom is 0.0453 e. The molecule has 0 aliphatic carbocycles. The molecule has 0 rings (SSSR count). The van der Waals surface area contributed by atoms with Crippen molar-refractivity contribution in [1.82, 2.24) is 0 Å². The first-order valence-electron chi connectivity index (χ1n) is 17.0. The van der Waals surface area contributed by atoms with Crippen molar-refractivity contribution in [3.8, 4) is 0 Å². The van der Waals surface area contributed by atoms with Crippen LogP contribution in [0.3, 0.4) is 0 Å². The molecule has 0 aliphatic heterocycles. The van der Waals surface area contributed by atoms with Gasteiger partial charge in [-0.15, -0.1) is 9.24 Å². The Balaban J connectivity index is 5.20. The average molecular weight is 590 g/mol. The normalized spacial score (nSPS) is 13.8. The van der Waals surface area contributed by atoms with Crippen molar-refractivity contribution in [3.05, 3.63) is 0 Å².